The Hall–Kier alpha value is -1.72. The number of rotatable bonds is 5. The Labute approximate surface area is 107 Å². The van der Waals surface area contributed by atoms with Crippen LogP contribution < -0.4 is 11.3 Å². The zero-order valence-corrected chi connectivity index (χ0v) is 10.8. The maximum Gasteiger partial charge on any atom is 0.0687 e. The molecule has 0 fully saturated rings. The molecule has 5 heteroatoms. The number of aromatic nitrogens is 3. The van der Waals surface area contributed by atoms with E-state index in [1.807, 2.05) is 29.8 Å². The van der Waals surface area contributed by atoms with Gasteiger partial charge in [0.15, 0.2) is 0 Å². The Morgan fingerprint density at radius 1 is 1.44 bits per heavy atom. The fourth-order valence-electron chi connectivity index (χ4n) is 2.08. The van der Waals surface area contributed by atoms with E-state index in [2.05, 4.69) is 28.5 Å². The number of hydrogen-bond donors (Lipinski definition) is 2. The van der Waals surface area contributed by atoms with Crippen LogP contribution in [0.1, 0.15) is 30.0 Å². The molecule has 1 atom stereocenters. The van der Waals surface area contributed by atoms with E-state index in [1.165, 1.54) is 5.69 Å². The van der Waals surface area contributed by atoms with Crippen molar-refractivity contribution in [1.29, 1.82) is 0 Å². The molecule has 2 aromatic heterocycles. The summed E-state index contributed by atoms with van der Waals surface area (Å²) < 4.78 is 2.00. The van der Waals surface area contributed by atoms with Gasteiger partial charge in [0, 0.05) is 24.9 Å². The predicted molar refractivity (Wildman–Crippen MR) is 70.6 cm³/mol. The molecule has 2 rings (SSSR count). The van der Waals surface area contributed by atoms with Gasteiger partial charge in [0.05, 0.1) is 17.4 Å². The first-order valence-corrected chi connectivity index (χ1v) is 6.15. The maximum atomic E-state index is 5.63. The number of aryl methyl sites for hydroxylation is 2. The number of pyridine rings is 1. The molecule has 0 radical (unpaired) electrons. The average molecular weight is 245 g/mol. The van der Waals surface area contributed by atoms with Crippen LogP contribution in [0.15, 0.2) is 30.5 Å². The lowest BCUT2D eigenvalue weighted by atomic mass is 10.1. The minimum Gasteiger partial charge on any atom is -0.271 e. The van der Waals surface area contributed by atoms with Crippen molar-refractivity contribution in [3.8, 4) is 0 Å². The number of nitrogens with one attached hydrogen (secondary N) is 1. The quantitative estimate of drug-likeness (QED) is 0.616. The monoisotopic (exact) mass is 245 g/mol. The van der Waals surface area contributed by atoms with Gasteiger partial charge in [0.25, 0.3) is 0 Å². The van der Waals surface area contributed by atoms with Crippen LogP contribution >= 0.6 is 0 Å². The molecule has 0 saturated carbocycles. The van der Waals surface area contributed by atoms with Gasteiger partial charge in [-0.3, -0.25) is 20.9 Å². The summed E-state index contributed by atoms with van der Waals surface area (Å²) in [5.74, 6) is 5.63. The van der Waals surface area contributed by atoms with Gasteiger partial charge in [0.1, 0.15) is 0 Å². The lowest BCUT2D eigenvalue weighted by Crippen LogP contribution is -2.30. The van der Waals surface area contributed by atoms with E-state index in [9.17, 15) is 0 Å². The number of nitrogens with zero attached hydrogens (tertiary/aromatic N) is 3. The minimum atomic E-state index is 0.00704. The van der Waals surface area contributed by atoms with Crippen LogP contribution in [0.5, 0.6) is 0 Å². The number of hydrazine groups is 1. The fourth-order valence-corrected chi connectivity index (χ4v) is 2.08. The molecule has 5 nitrogen and oxygen atoms in total. The maximum absolute atomic E-state index is 5.63. The molecule has 0 bridgehead atoms. The summed E-state index contributed by atoms with van der Waals surface area (Å²) in [5.41, 5.74) is 5.97. The third-order valence-corrected chi connectivity index (χ3v) is 2.94. The zero-order valence-electron chi connectivity index (χ0n) is 10.8. The molecule has 0 spiro atoms. The highest BCUT2D eigenvalue weighted by molar-refractivity contribution is 5.15. The highest BCUT2D eigenvalue weighted by Gasteiger charge is 2.14. The predicted octanol–water partition coefficient (Wildman–Crippen LogP) is 1.35. The van der Waals surface area contributed by atoms with Gasteiger partial charge in [-0.25, -0.2) is 0 Å². The van der Waals surface area contributed by atoms with E-state index in [0.717, 1.165) is 24.4 Å². The third-order valence-electron chi connectivity index (χ3n) is 2.94. The Morgan fingerprint density at radius 3 is 2.89 bits per heavy atom. The van der Waals surface area contributed by atoms with Crippen molar-refractivity contribution < 1.29 is 0 Å². The van der Waals surface area contributed by atoms with Gasteiger partial charge < -0.3 is 0 Å². The van der Waals surface area contributed by atoms with Crippen LogP contribution in [-0.2, 0) is 13.0 Å². The van der Waals surface area contributed by atoms with Crippen molar-refractivity contribution in [2.75, 3.05) is 0 Å². The van der Waals surface area contributed by atoms with Crippen molar-refractivity contribution in [2.24, 2.45) is 5.84 Å². The molecule has 18 heavy (non-hydrogen) atoms. The molecule has 0 aliphatic rings. The highest BCUT2D eigenvalue weighted by atomic mass is 15.3. The first-order valence-electron chi connectivity index (χ1n) is 6.15. The van der Waals surface area contributed by atoms with Crippen LogP contribution in [0.2, 0.25) is 0 Å². The van der Waals surface area contributed by atoms with E-state index >= 15 is 0 Å². The van der Waals surface area contributed by atoms with E-state index in [0.29, 0.717) is 0 Å². The lowest BCUT2D eigenvalue weighted by molar-refractivity contribution is 0.507. The highest BCUT2D eigenvalue weighted by Crippen LogP contribution is 2.16. The molecule has 0 aliphatic carbocycles. The van der Waals surface area contributed by atoms with Crippen LogP contribution in [0.25, 0.3) is 0 Å². The van der Waals surface area contributed by atoms with Gasteiger partial charge in [-0.05, 0) is 32.0 Å². The Balaban J connectivity index is 2.20. The molecule has 0 aliphatic heterocycles. The summed E-state index contributed by atoms with van der Waals surface area (Å²) in [6, 6.07) is 7.94. The van der Waals surface area contributed by atoms with E-state index in [-0.39, 0.29) is 6.04 Å². The van der Waals surface area contributed by atoms with Gasteiger partial charge in [-0.15, -0.1) is 0 Å². The molecular formula is C13H19N5. The molecule has 3 N–H and O–H groups in total. The first kappa shape index (κ1) is 12.7. The van der Waals surface area contributed by atoms with Crippen LogP contribution in [0.4, 0.5) is 0 Å². The van der Waals surface area contributed by atoms with Crippen molar-refractivity contribution >= 4 is 0 Å². The van der Waals surface area contributed by atoms with Crippen molar-refractivity contribution in [3.63, 3.8) is 0 Å². The SMILES string of the molecule is CCn1nc(C)cc1CC(NN)c1ccccn1. The number of nitrogens with two attached hydrogens (primary N) is 1. The minimum absolute atomic E-state index is 0.00704. The van der Waals surface area contributed by atoms with E-state index in [1.54, 1.807) is 6.20 Å². The molecule has 0 saturated heterocycles. The van der Waals surface area contributed by atoms with Crippen LogP contribution in [0, 0.1) is 6.92 Å². The number of hydrogen-bond acceptors (Lipinski definition) is 4. The third kappa shape index (κ3) is 2.75. The standard InChI is InChI=1S/C13H19N5/c1-3-18-11(8-10(2)17-18)9-13(16-14)12-6-4-5-7-15-12/h4-8,13,16H,3,9,14H2,1-2H3. The molecule has 0 aromatic carbocycles. The van der Waals surface area contributed by atoms with Crippen LogP contribution in [0.3, 0.4) is 0 Å². The summed E-state index contributed by atoms with van der Waals surface area (Å²) in [7, 11) is 0. The summed E-state index contributed by atoms with van der Waals surface area (Å²) in [6.07, 6.45) is 2.56. The van der Waals surface area contributed by atoms with Gasteiger partial charge in [-0.2, -0.15) is 5.10 Å². The van der Waals surface area contributed by atoms with Crippen molar-refractivity contribution in [3.05, 3.63) is 47.5 Å². The second kappa shape index (κ2) is 5.75. The lowest BCUT2D eigenvalue weighted by Gasteiger charge is -2.15. The molecule has 0 amide bonds. The average Bonchev–Trinajstić information content (AvgIpc) is 2.77. The second-order valence-corrected chi connectivity index (χ2v) is 4.27. The second-order valence-electron chi connectivity index (χ2n) is 4.27. The Kier molecular flexibility index (Phi) is 4.07. The van der Waals surface area contributed by atoms with Gasteiger partial charge in [-0.1, -0.05) is 6.07 Å². The van der Waals surface area contributed by atoms with Crippen molar-refractivity contribution in [2.45, 2.75) is 32.9 Å². The topological polar surface area (TPSA) is 68.8 Å². The van der Waals surface area contributed by atoms with Crippen molar-refractivity contribution in [1.82, 2.24) is 20.2 Å². The first-order chi connectivity index (χ1) is 8.74. The van der Waals surface area contributed by atoms with Gasteiger partial charge in [0.2, 0.25) is 0 Å². The largest absolute Gasteiger partial charge is 0.271 e. The fraction of sp³-hybridized carbons (Fsp3) is 0.385. The molecule has 96 valence electrons. The summed E-state index contributed by atoms with van der Waals surface area (Å²) in [6.45, 7) is 4.95. The van der Waals surface area contributed by atoms with E-state index in [4.69, 9.17) is 5.84 Å². The molecule has 2 aromatic rings. The smallest absolute Gasteiger partial charge is 0.0687 e. The summed E-state index contributed by atoms with van der Waals surface area (Å²) in [4.78, 5) is 4.34. The Morgan fingerprint density at radius 2 is 2.28 bits per heavy atom. The summed E-state index contributed by atoms with van der Waals surface area (Å²) in [5, 5.41) is 4.44. The van der Waals surface area contributed by atoms with Crippen LogP contribution in [-0.4, -0.2) is 14.8 Å². The molecule has 2 heterocycles. The van der Waals surface area contributed by atoms with Gasteiger partial charge >= 0.3 is 0 Å². The zero-order chi connectivity index (χ0) is 13.0. The van der Waals surface area contributed by atoms with E-state index < -0.39 is 0 Å². The molecular weight excluding hydrogens is 226 g/mol. The summed E-state index contributed by atoms with van der Waals surface area (Å²) >= 11 is 0. The molecule has 1 unspecified atom stereocenters. The Bertz CT molecular complexity index is 491. The normalized spacial score (nSPS) is 12.6.